The molecule has 322 valence electrons. The van der Waals surface area contributed by atoms with Crippen molar-refractivity contribution in [2.24, 2.45) is 22.7 Å². The smallest absolute Gasteiger partial charge is 0.408 e. The van der Waals surface area contributed by atoms with Crippen molar-refractivity contribution in [2.45, 2.75) is 128 Å². The summed E-state index contributed by atoms with van der Waals surface area (Å²) in [4.78, 5) is 83.9. The highest BCUT2D eigenvalue weighted by molar-refractivity contribution is 5.97. The Balaban J connectivity index is 1.34. The van der Waals surface area contributed by atoms with E-state index in [1.54, 1.807) is 18.2 Å². The first-order valence-electron chi connectivity index (χ1n) is 24.0. The summed E-state index contributed by atoms with van der Waals surface area (Å²) in [5.74, 6) is -6.64. The molecule has 5 aliphatic rings. The summed E-state index contributed by atoms with van der Waals surface area (Å²) < 4.78 is 106. The molecule has 7 rings (SSSR count). The Morgan fingerprint density at radius 2 is 1.58 bits per heavy atom. The van der Waals surface area contributed by atoms with Crippen LogP contribution in [0.5, 0.6) is 0 Å². The van der Waals surface area contributed by atoms with E-state index in [1.807, 2.05) is 5.32 Å². The molecule has 1 spiro atoms. The second-order valence-corrected chi connectivity index (χ2v) is 16.9. The summed E-state index contributed by atoms with van der Waals surface area (Å²) in [6.07, 6.45) is -10.8. The predicted molar refractivity (Wildman–Crippen MR) is 210 cm³/mol. The van der Waals surface area contributed by atoms with Gasteiger partial charge < -0.3 is 44.0 Å². The maximum Gasteiger partial charge on any atom is 0.408 e. The predicted octanol–water partition coefficient (Wildman–Crippen LogP) is 4.47. The number of benzene rings is 2. The number of nitrogens with one attached hydrogen (secondary N) is 1. The fourth-order valence-electron chi connectivity index (χ4n) is 10.3. The molecule has 2 aromatic rings. The Morgan fingerprint density at radius 3 is 2.17 bits per heavy atom. The summed E-state index contributed by atoms with van der Waals surface area (Å²) in [7, 11) is 0. The third-order valence-corrected chi connectivity index (χ3v) is 13.0. The van der Waals surface area contributed by atoms with Gasteiger partial charge in [0.15, 0.2) is 23.6 Å². The first kappa shape index (κ1) is 32.6. The van der Waals surface area contributed by atoms with Crippen molar-refractivity contribution in [2.75, 3.05) is 6.61 Å². The average molecular weight is 841 g/mol. The van der Waals surface area contributed by atoms with Crippen molar-refractivity contribution in [3.05, 3.63) is 82.9 Å². The highest BCUT2D eigenvalue weighted by Gasteiger charge is 2.84. The number of carbonyl (C=O) groups is 6. The number of hydrogen-bond acceptors (Lipinski definition) is 14. The number of rotatable bonds is 9. The van der Waals surface area contributed by atoms with Crippen LogP contribution in [0.1, 0.15) is 109 Å². The van der Waals surface area contributed by atoms with Crippen molar-refractivity contribution in [3.8, 4) is 0 Å². The monoisotopic (exact) mass is 840 g/mol. The minimum atomic E-state index is -4.10. The summed E-state index contributed by atoms with van der Waals surface area (Å²) >= 11 is 0. The number of esters is 4. The van der Waals surface area contributed by atoms with Crippen LogP contribution < -0.4 is 5.32 Å². The first-order chi connectivity index (χ1) is 31.8. The molecule has 0 radical (unpaired) electrons. The van der Waals surface area contributed by atoms with Crippen molar-refractivity contribution in [3.63, 3.8) is 0 Å². The minimum Gasteiger partial charge on any atom is -0.456 e. The Morgan fingerprint density at radius 1 is 0.933 bits per heavy atom. The van der Waals surface area contributed by atoms with E-state index in [2.05, 4.69) is 0 Å². The fraction of sp³-hybridized carbons (Fsp3) is 0.556. The number of ether oxygens (including phenoxy) is 6. The normalized spacial score (nSPS) is 36.2. The molecule has 0 unspecified atom stereocenters. The average Bonchev–Trinajstić information content (AvgIpc) is 3.97. The first-order valence-corrected chi connectivity index (χ1v) is 19.5. The van der Waals surface area contributed by atoms with E-state index in [-0.39, 0.29) is 41.7 Å². The lowest BCUT2D eigenvalue weighted by Gasteiger charge is -2.64. The minimum absolute atomic E-state index is 0.0341. The van der Waals surface area contributed by atoms with Gasteiger partial charge in [0.25, 0.3) is 0 Å². The van der Waals surface area contributed by atoms with Gasteiger partial charge in [0, 0.05) is 43.4 Å². The van der Waals surface area contributed by atoms with Crippen LogP contribution in [0.2, 0.25) is 0 Å². The van der Waals surface area contributed by atoms with Crippen LogP contribution in [0.25, 0.3) is 0 Å². The molecule has 1 saturated heterocycles. The Labute approximate surface area is 360 Å². The molecule has 3 N–H and O–H groups in total. The van der Waals surface area contributed by atoms with E-state index in [4.69, 9.17) is 40.8 Å². The maximum atomic E-state index is 15.5. The van der Waals surface area contributed by atoms with Gasteiger partial charge in [0.05, 0.1) is 24.1 Å². The lowest BCUT2D eigenvalue weighted by atomic mass is 9.48. The quantitative estimate of drug-likeness (QED) is 0.181. The van der Waals surface area contributed by atoms with Crippen LogP contribution in [0.3, 0.4) is 0 Å². The van der Waals surface area contributed by atoms with Crippen LogP contribution in [0.15, 0.2) is 71.8 Å². The van der Waals surface area contributed by atoms with E-state index < -0.39 is 139 Å². The molecule has 11 atom stereocenters. The zero-order chi connectivity index (χ0) is 51.2. The number of Topliss-reactive ketones (excluding diaryl/α,β-unsaturated/α-hetero) is 1. The number of amides is 1. The van der Waals surface area contributed by atoms with Crippen LogP contribution in [-0.2, 0) is 47.6 Å². The van der Waals surface area contributed by atoms with Gasteiger partial charge in [0.2, 0.25) is 0 Å². The summed E-state index contributed by atoms with van der Waals surface area (Å²) in [5.41, 5.74) is -11.4. The molecule has 0 aromatic heterocycles. The van der Waals surface area contributed by atoms with Crippen molar-refractivity contribution in [1.82, 2.24) is 5.32 Å². The number of alkyl carbamates (subject to hydrolysis) is 1. The van der Waals surface area contributed by atoms with Crippen molar-refractivity contribution < 1.29 is 79.7 Å². The molecular weight excluding hydrogens is 778 g/mol. The number of ketones is 1. The molecule has 2 bridgehead atoms. The number of carbonyl (C=O) groups excluding carboxylic acids is 6. The Kier molecular flexibility index (Phi) is 8.21. The molecule has 2 aromatic carbocycles. The molecule has 1 heterocycles. The third kappa shape index (κ3) is 7.07. The lowest BCUT2D eigenvalue weighted by Crippen LogP contribution is -2.78. The topological polar surface area (TPSA) is 210 Å². The molecule has 15 nitrogen and oxygen atoms in total. The van der Waals surface area contributed by atoms with E-state index in [9.17, 15) is 34.2 Å². The Hall–Kier alpha value is -5.12. The number of hydrogen-bond donors (Lipinski definition) is 3. The zero-order valence-corrected chi connectivity index (χ0v) is 33.5. The largest absolute Gasteiger partial charge is 0.456 e. The Bertz CT molecular complexity index is 2410. The van der Waals surface area contributed by atoms with E-state index in [0.717, 1.165) is 13.8 Å². The number of aliphatic hydroxyl groups excluding tert-OH is 1. The van der Waals surface area contributed by atoms with Gasteiger partial charge in [-0.15, -0.1) is 0 Å². The van der Waals surface area contributed by atoms with Gasteiger partial charge in [0.1, 0.15) is 29.5 Å². The van der Waals surface area contributed by atoms with E-state index in [1.165, 1.54) is 63.2 Å². The number of aliphatic hydroxyl groups is 2. The molecular formula is C45H53NO14. The molecule has 3 saturated carbocycles. The molecule has 4 fully saturated rings. The SMILES string of the molecule is [2H]C([2H])([2H])C(OC(=O)N[C@@H](c1ccccc1)[C@@H](O)C(=O)O[C@H]1C[C@@]2(O)[C@@H](OC(=O)c3ccccc3)[C@@H]3[C@]4(OC(C)=O)CO[C@@H]4C[C@@H]4C[C@@]43C(=O)[C@H](OC(C)=O)C(=C1C)C2(C)C)(C([2H])([2H])[2H])C([2H])([2H])[2H]. The fourth-order valence-corrected chi connectivity index (χ4v) is 10.3. The molecule has 4 aliphatic carbocycles. The summed E-state index contributed by atoms with van der Waals surface area (Å²) in [6.45, 7) is -5.50. The lowest BCUT2D eigenvalue weighted by molar-refractivity contribution is -0.323. The summed E-state index contributed by atoms with van der Waals surface area (Å²) in [5, 5.41) is 27.6. The van der Waals surface area contributed by atoms with Gasteiger partial charge in [-0.2, -0.15) is 0 Å². The zero-order valence-electron chi connectivity index (χ0n) is 42.5. The van der Waals surface area contributed by atoms with Gasteiger partial charge in [-0.05, 0) is 75.1 Å². The highest BCUT2D eigenvalue weighted by Crippen LogP contribution is 2.74. The van der Waals surface area contributed by atoms with Gasteiger partial charge in [-0.1, -0.05) is 62.4 Å². The standard InChI is InChI=1S/C45H53NO14/c1-23-29(57-39(52)33(49)32(26-15-11-9-12-16-26)46-40(53)60-41(4,5)6)21-45(54)37(58-38(51)27-17-13-10-14-18-27)35-43(36(50)34(56-24(2)47)31(23)42(45,7)8)20-28(43)19-30-44(35,22-55-30)59-25(3)48/h9-18,28-30,32-35,37,49,54H,19-22H2,1-8H3,(H,46,53)/t28-,29+,30-,32+,33-,34-,35+,37+,43-,44+,45-/m1/s1/i4D3,5D3,6D3. The second kappa shape index (κ2) is 15.1. The summed E-state index contributed by atoms with van der Waals surface area (Å²) in [6, 6.07) is 12.7. The second-order valence-electron chi connectivity index (χ2n) is 16.9. The molecule has 60 heavy (non-hydrogen) atoms. The molecule has 1 amide bonds. The van der Waals surface area contributed by atoms with Crippen LogP contribution in [0.4, 0.5) is 4.79 Å². The third-order valence-electron chi connectivity index (χ3n) is 13.0. The molecule has 1 aliphatic heterocycles. The van der Waals surface area contributed by atoms with E-state index >= 15 is 4.79 Å². The van der Waals surface area contributed by atoms with Crippen LogP contribution >= 0.6 is 0 Å². The van der Waals surface area contributed by atoms with Gasteiger partial charge >= 0.3 is 30.0 Å². The van der Waals surface area contributed by atoms with Gasteiger partial charge in [-0.25, -0.2) is 14.4 Å². The van der Waals surface area contributed by atoms with Gasteiger partial charge in [-0.3, -0.25) is 14.4 Å². The maximum absolute atomic E-state index is 15.5. The van der Waals surface area contributed by atoms with Crippen molar-refractivity contribution in [1.29, 1.82) is 0 Å². The molecule has 15 heteroatoms. The van der Waals surface area contributed by atoms with E-state index in [0.29, 0.717) is 0 Å². The van der Waals surface area contributed by atoms with Crippen LogP contribution in [0, 0.1) is 22.7 Å². The number of fused-ring (bicyclic) bond motifs is 4. The van der Waals surface area contributed by atoms with Crippen LogP contribution in [-0.4, -0.2) is 99.9 Å². The van der Waals surface area contributed by atoms with Crippen molar-refractivity contribution >= 4 is 35.8 Å². The highest BCUT2D eigenvalue weighted by atomic mass is 16.6.